The molecule has 1 saturated heterocycles. The highest BCUT2D eigenvalue weighted by atomic mass is 16.5. The summed E-state index contributed by atoms with van der Waals surface area (Å²) in [6.07, 6.45) is 4.41. The Morgan fingerprint density at radius 3 is 2.35 bits per heavy atom. The number of anilines is 1. The second-order valence-electron chi connectivity index (χ2n) is 7.23. The molecule has 2 bridgehead atoms. The van der Waals surface area contributed by atoms with Gasteiger partial charge in [0.1, 0.15) is 0 Å². The summed E-state index contributed by atoms with van der Waals surface area (Å²) >= 11 is 0. The van der Waals surface area contributed by atoms with E-state index in [0.29, 0.717) is 17.5 Å². The fourth-order valence-corrected chi connectivity index (χ4v) is 4.92. The zero-order chi connectivity index (χ0) is 17.8. The lowest BCUT2D eigenvalue weighted by Gasteiger charge is -2.19. The van der Waals surface area contributed by atoms with E-state index >= 15 is 0 Å². The molecule has 132 valence electrons. The van der Waals surface area contributed by atoms with Crippen molar-refractivity contribution in [2.24, 2.45) is 23.7 Å². The number of esters is 1. The first kappa shape index (κ1) is 15.4. The van der Waals surface area contributed by atoms with E-state index in [0.717, 1.165) is 19.3 Å². The van der Waals surface area contributed by atoms with E-state index in [9.17, 15) is 14.4 Å². The van der Waals surface area contributed by atoms with Gasteiger partial charge in [0.15, 0.2) is 5.75 Å². The lowest BCUT2D eigenvalue weighted by Crippen LogP contribution is -2.33. The second-order valence-corrected chi connectivity index (χ2v) is 7.23. The van der Waals surface area contributed by atoms with Crippen molar-refractivity contribution in [2.45, 2.75) is 19.3 Å². The minimum absolute atomic E-state index is 0.0637. The monoisotopic (exact) mass is 351 g/mol. The van der Waals surface area contributed by atoms with E-state index in [-0.39, 0.29) is 35.2 Å². The lowest BCUT2D eigenvalue weighted by atomic mass is 9.81. The molecule has 2 aliphatic carbocycles. The van der Waals surface area contributed by atoms with Crippen molar-refractivity contribution >= 4 is 23.5 Å². The molecule has 6 nitrogen and oxygen atoms in total. The largest absolute Gasteiger partial charge is 0.457 e. The smallest absolute Gasteiger partial charge is 0.379 e. The molecule has 3 aliphatic rings. The number of fused-ring (bicyclic) bond motifs is 5. The average Bonchev–Trinajstić information content (AvgIpc) is 3.41. The Hall–Kier alpha value is -2.89. The van der Waals surface area contributed by atoms with E-state index in [2.05, 4.69) is 0 Å². The summed E-state index contributed by atoms with van der Waals surface area (Å²) < 4.78 is 10.5. The first-order valence-corrected chi connectivity index (χ1v) is 8.87. The van der Waals surface area contributed by atoms with Gasteiger partial charge in [0.2, 0.25) is 17.6 Å². The van der Waals surface area contributed by atoms with Crippen molar-refractivity contribution in [3.05, 3.63) is 48.4 Å². The van der Waals surface area contributed by atoms with Crippen molar-refractivity contribution < 1.29 is 23.5 Å². The predicted molar refractivity (Wildman–Crippen MR) is 90.4 cm³/mol. The number of hydrogen-bond donors (Lipinski definition) is 0. The molecule has 0 radical (unpaired) electrons. The molecule has 5 rings (SSSR count). The molecular weight excluding hydrogens is 334 g/mol. The van der Waals surface area contributed by atoms with Gasteiger partial charge in [0.05, 0.1) is 23.8 Å². The summed E-state index contributed by atoms with van der Waals surface area (Å²) in [5.74, 6) is -0.542. The molecule has 0 spiro atoms. The molecule has 26 heavy (non-hydrogen) atoms. The molecule has 0 N–H and O–H groups in total. The number of imide groups is 1. The molecule has 1 aromatic carbocycles. The number of hydrogen-bond acceptors (Lipinski definition) is 5. The van der Waals surface area contributed by atoms with Gasteiger partial charge in [-0.05, 0) is 55.4 Å². The van der Waals surface area contributed by atoms with Crippen molar-refractivity contribution in [2.75, 3.05) is 4.90 Å². The number of carbonyl (C=O) groups excluding carboxylic acids is 3. The van der Waals surface area contributed by atoms with Gasteiger partial charge < -0.3 is 9.15 Å². The maximum atomic E-state index is 13.0. The number of furan rings is 1. The normalized spacial score (nSPS) is 29.3. The third kappa shape index (κ3) is 2.08. The molecule has 0 unspecified atom stereocenters. The van der Waals surface area contributed by atoms with Gasteiger partial charge in [-0.3, -0.25) is 9.59 Å². The standard InChI is InChI=1S/C20H17NO5/c22-18-16-11-7-8-12(10-11)17(16)19(23)21(18)13-4-1-2-5-14(13)26-20(24)15-6-3-9-25-15/h1-6,9,11-12,16-17H,7-8,10H2/t11-,12-,16-,17+/m0/s1. The minimum Gasteiger partial charge on any atom is -0.457 e. The highest BCUT2D eigenvalue weighted by molar-refractivity contribution is 6.23. The maximum Gasteiger partial charge on any atom is 0.379 e. The summed E-state index contributed by atoms with van der Waals surface area (Å²) in [5.41, 5.74) is 0.330. The molecule has 1 aromatic heterocycles. The van der Waals surface area contributed by atoms with Crippen LogP contribution in [0.25, 0.3) is 0 Å². The van der Waals surface area contributed by atoms with Gasteiger partial charge in [-0.15, -0.1) is 0 Å². The molecule has 2 aromatic rings. The van der Waals surface area contributed by atoms with Crippen LogP contribution in [0.4, 0.5) is 5.69 Å². The van der Waals surface area contributed by atoms with Crippen LogP contribution in [0.5, 0.6) is 5.75 Å². The fraction of sp³-hybridized carbons (Fsp3) is 0.350. The van der Waals surface area contributed by atoms with E-state index in [1.54, 1.807) is 30.3 Å². The highest BCUT2D eigenvalue weighted by Gasteiger charge is 2.61. The molecule has 2 heterocycles. The SMILES string of the molecule is O=C(Oc1ccccc1N1C(=O)[C@@H]2[C@H]3CC[C@@H](C3)[C@@H]2C1=O)c1ccco1. The number of para-hydroxylation sites is 2. The second kappa shape index (κ2) is 5.56. The fourth-order valence-electron chi connectivity index (χ4n) is 4.92. The highest BCUT2D eigenvalue weighted by Crippen LogP contribution is 2.57. The van der Waals surface area contributed by atoms with Crippen molar-refractivity contribution in [3.63, 3.8) is 0 Å². The van der Waals surface area contributed by atoms with Crippen molar-refractivity contribution in [1.29, 1.82) is 0 Å². The van der Waals surface area contributed by atoms with Crippen LogP contribution in [-0.4, -0.2) is 17.8 Å². The van der Waals surface area contributed by atoms with Crippen molar-refractivity contribution in [1.82, 2.24) is 0 Å². The van der Waals surface area contributed by atoms with E-state index in [4.69, 9.17) is 9.15 Å². The predicted octanol–water partition coefficient (Wildman–Crippen LogP) is 3.03. The van der Waals surface area contributed by atoms with Crippen LogP contribution >= 0.6 is 0 Å². The Kier molecular flexibility index (Phi) is 3.29. The van der Waals surface area contributed by atoms with Crippen LogP contribution in [0.15, 0.2) is 47.1 Å². The van der Waals surface area contributed by atoms with Crippen LogP contribution in [0.2, 0.25) is 0 Å². The maximum absolute atomic E-state index is 13.0. The summed E-state index contributed by atoms with van der Waals surface area (Å²) in [6, 6.07) is 9.74. The third-order valence-corrected chi connectivity index (χ3v) is 5.96. The Morgan fingerprint density at radius 1 is 1.00 bits per heavy atom. The van der Waals surface area contributed by atoms with Gasteiger partial charge in [-0.2, -0.15) is 0 Å². The zero-order valence-electron chi connectivity index (χ0n) is 14.0. The van der Waals surface area contributed by atoms with Gasteiger partial charge in [0.25, 0.3) is 0 Å². The van der Waals surface area contributed by atoms with Gasteiger partial charge in [-0.1, -0.05) is 12.1 Å². The van der Waals surface area contributed by atoms with Crippen LogP contribution in [-0.2, 0) is 9.59 Å². The summed E-state index contributed by atoms with van der Waals surface area (Å²) in [5, 5.41) is 0. The quantitative estimate of drug-likeness (QED) is 0.483. The van der Waals surface area contributed by atoms with Crippen LogP contribution < -0.4 is 9.64 Å². The summed E-state index contributed by atoms with van der Waals surface area (Å²) in [4.78, 5) is 39.4. The van der Waals surface area contributed by atoms with E-state index < -0.39 is 5.97 Å². The molecule has 6 heteroatoms. The van der Waals surface area contributed by atoms with Crippen molar-refractivity contribution in [3.8, 4) is 5.75 Å². The number of rotatable bonds is 3. The van der Waals surface area contributed by atoms with E-state index in [1.807, 2.05) is 0 Å². The molecule has 3 fully saturated rings. The van der Waals surface area contributed by atoms with Crippen LogP contribution in [0, 0.1) is 23.7 Å². The summed E-state index contributed by atoms with van der Waals surface area (Å²) in [7, 11) is 0. The van der Waals surface area contributed by atoms with E-state index in [1.165, 1.54) is 17.2 Å². The van der Waals surface area contributed by atoms with Gasteiger partial charge in [-0.25, -0.2) is 9.69 Å². The lowest BCUT2D eigenvalue weighted by molar-refractivity contribution is -0.123. The van der Waals surface area contributed by atoms with Crippen LogP contribution in [0.3, 0.4) is 0 Å². The Morgan fingerprint density at radius 2 is 1.69 bits per heavy atom. The molecule has 4 atom stereocenters. The topological polar surface area (TPSA) is 76.8 Å². The molecule has 2 saturated carbocycles. The number of amides is 2. The Bertz CT molecular complexity index is 875. The van der Waals surface area contributed by atoms with Crippen LogP contribution in [0.1, 0.15) is 29.8 Å². The Labute approximate surface area is 149 Å². The molecule has 2 amide bonds. The zero-order valence-corrected chi connectivity index (χ0v) is 14.0. The first-order chi connectivity index (χ1) is 12.6. The number of ether oxygens (including phenoxy) is 1. The summed E-state index contributed by atoms with van der Waals surface area (Å²) in [6.45, 7) is 0. The average molecular weight is 351 g/mol. The number of benzene rings is 1. The first-order valence-electron chi connectivity index (χ1n) is 8.87. The third-order valence-electron chi connectivity index (χ3n) is 5.96. The van der Waals surface area contributed by atoms with Gasteiger partial charge in [0, 0.05) is 0 Å². The molecular formula is C20H17NO5. The number of nitrogens with zero attached hydrogens (tertiary/aromatic N) is 1. The molecule has 1 aliphatic heterocycles. The van der Waals surface area contributed by atoms with Gasteiger partial charge >= 0.3 is 5.97 Å². The minimum atomic E-state index is -0.665. The number of carbonyl (C=O) groups is 3. The Balaban J connectivity index is 1.48.